The highest BCUT2D eigenvalue weighted by molar-refractivity contribution is 6.05. The smallest absolute Gasteiger partial charge is 0.249 e. The molecule has 0 heterocycles. The minimum Gasteiger partial charge on any atom is -0.507 e. The van der Waals surface area contributed by atoms with Crippen molar-refractivity contribution in [2.24, 2.45) is 5.10 Å². The van der Waals surface area contributed by atoms with Crippen molar-refractivity contribution in [2.45, 2.75) is 20.3 Å². The summed E-state index contributed by atoms with van der Waals surface area (Å²) >= 11 is 0. The third-order valence-electron chi connectivity index (χ3n) is 4.44. The van der Waals surface area contributed by atoms with Crippen LogP contribution in [0.5, 0.6) is 5.75 Å². The number of fused-ring (bicyclic) bond motifs is 1. The second kappa shape index (κ2) is 8.35. The molecule has 0 fully saturated rings. The number of carbonyl (C=O) groups excluding carboxylic acids is 2. The second-order valence-electron chi connectivity index (χ2n) is 6.54. The Morgan fingerprint density at radius 2 is 1.79 bits per heavy atom. The molecule has 6 heteroatoms. The molecule has 0 saturated heterocycles. The number of aromatic hydroxyl groups is 1. The van der Waals surface area contributed by atoms with Crippen LogP contribution in [0.3, 0.4) is 0 Å². The summed E-state index contributed by atoms with van der Waals surface area (Å²) in [6, 6.07) is 16.5. The Balaban J connectivity index is 1.60. The monoisotopic (exact) mass is 375 g/mol. The molecule has 0 spiro atoms. The van der Waals surface area contributed by atoms with E-state index in [0.717, 1.165) is 21.9 Å². The molecular weight excluding hydrogens is 354 g/mol. The normalized spacial score (nSPS) is 10.9. The SMILES string of the molecule is Cc1ccc(NC(=O)CC(=O)N/N=C/c2c(O)ccc3ccccc23)cc1C. The summed E-state index contributed by atoms with van der Waals surface area (Å²) < 4.78 is 0. The van der Waals surface area contributed by atoms with Gasteiger partial charge in [-0.3, -0.25) is 9.59 Å². The Morgan fingerprint density at radius 1 is 1.00 bits per heavy atom. The Labute approximate surface area is 162 Å². The number of phenols is 1. The van der Waals surface area contributed by atoms with E-state index in [2.05, 4.69) is 15.8 Å². The van der Waals surface area contributed by atoms with Crippen LogP contribution in [0.1, 0.15) is 23.1 Å². The number of benzene rings is 3. The van der Waals surface area contributed by atoms with Gasteiger partial charge < -0.3 is 10.4 Å². The van der Waals surface area contributed by atoms with Crippen LogP contribution in [0.25, 0.3) is 10.8 Å². The summed E-state index contributed by atoms with van der Waals surface area (Å²) in [4.78, 5) is 24.0. The quantitative estimate of drug-likeness (QED) is 0.361. The van der Waals surface area contributed by atoms with Crippen molar-refractivity contribution < 1.29 is 14.7 Å². The molecule has 3 N–H and O–H groups in total. The summed E-state index contributed by atoms with van der Waals surface area (Å²) in [5.41, 5.74) is 5.64. The van der Waals surface area contributed by atoms with E-state index < -0.39 is 11.8 Å². The first kappa shape index (κ1) is 19.1. The van der Waals surface area contributed by atoms with E-state index in [1.165, 1.54) is 6.21 Å². The number of anilines is 1. The van der Waals surface area contributed by atoms with Gasteiger partial charge in [0.15, 0.2) is 0 Å². The van der Waals surface area contributed by atoms with E-state index >= 15 is 0 Å². The maximum Gasteiger partial charge on any atom is 0.249 e. The zero-order valence-electron chi connectivity index (χ0n) is 15.7. The van der Waals surface area contributed by atoms with E-state index in [-0.39, 0.29) is 12.2 Å². The van der Waals surface area contributed by atoms with Crippen LogP contribution in [0.2, 0.25) is 0 Å². The number of hydrogen-bond acceptors (Lipinski definition) is 4. The summed E-state index contributed by atoms with van der Waals surface area (Å²) in [7, 11) is 0. The number of amides is 2. The molecule has 0 bridgehead atoms. The highest BCUT2D eigenvalue weighted by Gasteiger charge is 2.10. The van der Waals surface area contributed by atoms with Gasteiger partial charge in [0.25, 0.3) is 0 Å². The van der Waals surface area contributed by atoms with Crippen molar-refractivity contribution in [2.75, 3.05) is 5.32 Å². The first-order chi connectivity index (χ1) is 13.4. The highest BCUT2D eigenvalue weighted by Crippen LogP contribution is 2.25. The predicted octanol–water partition coefficient (Wildman–Crippen LogP) is 3.64. The van der Waals surface area contributed by atoms with Gasteiger partial charge in [-0.15, -0.1) is 0 Å². The lowest BCUT2D eigenvalue weighted by atomic mass is 10.0. The fraction of sp³-hybridized carbons (Fsp3) is 0.136. The Morgan fingerprint density at radius 3 is 2.57 bits per heavy atom. The lowest BCUT2D eigenvalue weighted by Crippen LogP contribution is -2.24. The van der Waals surface area contributed by atoms with E-state index in [1.807, 2.05) is 50.2 Å². The molecule has 0 aromatic heterocycles. The first-order valence-electron chi connectivity index (χ1n) is 8.84. The van der Waals surface area contributed by atoms with Gasteiger partial charge in [0.1, 0.15) is 12.2 Å². The molecule has 0 atom stereocenters. The van der Waals surface area contributed by atoms with Gasteiger partial charge in [0, 0.05) is 11.3 Å². The minimum absolute atomic E-state index is 0.0594. The number of hydrogen-bond donors (Lipinski definition) is 3. The lowest BCUT2D eigenvalue weighted by Gasteiger charge is -2.07. The van der Waals surface area contributed by atoms with Gasteiger partial charge in [0.05, 0.1) is 6.21 Å². The number of nitrogens with zero attached hydrogens (tertiary/aromatic N) is 1. The molecule has 2 amide bonds. The Bertz CT molecular complexity index is 1070. The van der Waals surface area contributed by atoms with Crippen molar-refractivity contribution in [3.8, 4) is 5.75 Å². The standard InChI is InChI=1S/C22H21N3O3/c1-14-7-9-17(11-15(14)2)24-21(27)12-22(28)25-23-13-19-18-6-4-3-5-16(18)8-10-20(19)26/h3-11,13,26H,12H2,1-2H3,(H,24,27)(H,25,28)/b23-13+. The van der Waals surface area contributed by atoms with E-state index in [9.17, 15) is 14.7 Å². The molecule has 0 aliphatic heterocycles. The van der Waals surface area contributed by atoms with Crippen LogP contribution in [0.4, 0.5) is 5.69 Å². The first-order valence-corrected chi connectivity index (χ1v) is 8.84. The molecule has 0 saturated carbocycles. The van der Waals surface area contributed by atoms with Gasteiger partial charge in [-0.05, 0) is 53.9 Å². The van der Waals surface area contributed by atoms with Crippen LogP contribution < -0.4 is 10.7 Å². The van der Waals surface area contributed by atoms with Gasteiger partial charge in [-0.2, -0.15) is 5.10 Å². The van der Waals surface area contributed by atoms with E-state index in [1.54, 1.807) is 18.2 Å². The maximum atomic E-state index is 12.0. The average molecular weight is 375 g/mol. The third kappa shape index (κ3) is 4.54. The van der Waals surface area contributed by atoms with Crippen molar-refractivity contribution >= 4 is 34.5 Å². The van der Waals surface area contributed by atoms with E-state index in [0.29, 0.717) is 11.3 Å². The fourth-order valence-corrected chi connectivity index (χ4v) is 2.80. The molecule has 0 unspecified atom stereocenters. The Kier molecular flexibility index (Phi) is 5.69. The largest absolute Gasteiger partial charge is 0.507 e. The third-order valence-corrected chi connectivity index (χ3v) is 4.44. The lowest BCUT2D eigenvalue weighted by molar-refractivity contribution is -0.126. The number of rotatable bonds is 5. The fourth-order valence-electron chi connectivity index (χ4n) is 2.80. The molecule has 6 nitrogen and oxygen atoms in total. The molecule has 28 heavy (non-hydrogen) atoms. The molecular formula is C22H21N3O3. The number of carbonyl (C=O) groups is 2. The van der Waals surface area contributed by atoms with Crippen molar-refractivity contribution in [1.82, 2.24) is 5.43 Å². The predicted molar refractivity (Wildman–Crippen MR) is 111 cm³/mol. The van der Waals surface area contributed by atoms with Crippen molar-refractivity contribution in [1.29, 1.82) is 0 Å². The molecule has 3 aromatic carbocycles. The minimum atomic E-state index is -0.544. The summed E-state index contributed by atoms with van der Waals surface area (Å²) in [6.07, 6.45) is 1.02. The van der Waals surface area contributed by atoms with Crippen LogP contribution in [-0.2, 0) is 9.59 Å². The zero-order chi connectivity index (χ0) is 20.1. The number of phenolic OH excluding ortho intramolecular Hbond substituents is 1. The number of nitrogens with one attached hydrogen (secondary N) is 2. The number of aryl methyl sites for hydroxylation is 2. The molecule has 142 valence electrons. The second-order valence-corrected chi connectivity index (χ2v) is 6.54. The van der Waals surface area contributed by atoms with Crippen LogP contribution in [-0.4, -0.2) is 23.1 Å². The van der Waals surface area contributed by atoms with Crippen molar-refractivity contribution in [3.05, 3.63) is 71.3 Å². The molecule has 0 aliphatic carbocycles. The molecule has 0 aliphatic rings. The highest BCUT2D eigenvalue weighted by atomic mass is 16.3. The maximum absolute atomic E-state index is 12.0. The van der Waals surface area contributed by atoms with E-state index in [4.69, 9.17) is 0 Å². The zero-order valence-corrected chi connectivity index (χ0v) is 15.7. The van der Waals surface area contributed by atoms with Gasteiger partial charge >= 0.3 is 0 Å². The summed E-state index contributed by atoms with van der Waals surface area (Å²) in [5.74, 6) is -0.912. The van der Waals surface area contributed by atoms with Gasteiger partial charge in [-0.25, -0.2) is 5.43 Å². The molecule has 0 radical (unpaired) electrons. The summed E-state index contributed by atoms with van der Waals surface area (Å²) in [6.45, 7) is 3.94. The van der Waals surface area contributed by atoms with Crippen LogP contribution >= 0.6 is 0 Å². The molecule has 3 aromatic rings. The topological polar surface area (TPSA) is 90.8 Å². The van der Waals surface area contributed by atoms with Crippen LogP contribution in [0.15, 0.2) is 59.7 Å². The summed E-state index contributed by atoms with van der Waals surface area (Å²) in [5, 5.41) is 18.4. The average Bonchev–Trinajstić information content (AvgIpc) is 2.66. The number of hydrazone groups is 1. The molecule has 3 rings (SSSR count). The van der Waals surface area contributed by atoms with Gasteiger partial charge in [-0.1, -0.05) is 36.4 Å². The van der Waals surface area contributed by atoms with Gasteiger partial charge in [0.2, 0.25) is 11.8 Å². The van der Waals surface area contributed by atoms with Crippen LogP contribution in [0, 0.1) is 13.8 Å². The Hall–Kier alpha value is -3.67. The van der Waals surface area contributed by atoms with Crippen molar-refractivity contribution in [3.63, 3.8) is 0 Å².